The van der Waals surface area contributed by atoms with Crippen molar-refractivity contribution in [3.63, 3.8) is 0 Å². The third-order valence-electron chi connectivity index (χ3n) is 2.84. The molecule has 1 aromatic rings. The summed E-state index contributed by atoms with van der Waals surface area (Å²) in [4.78, 5) is 11.9. The first kappa shape index (κ1) is 12.8. The molecule has 0 aliphatic carbocycles. The fourth-order valence-corrected chi connectivity index (χ4v) is 1.92. The molecule has 1 saturated heterocycles. The molecular formula is C11H19N5O2. The largest absolute Gasteiger partial charge is 0.467 e. The van der Waals surface area contributed by atoms with E-state index in [-0.39, 0.29) is 12.0 Å². The van der Waals surface area contributed by atoms with E-state index in [1.165, 1.54) is 20.0 Å². The highest BCUT2D eigenvalue weighted by Crippen LogP contribution is 2.15. The van der Waals surface area contributed by atoms with Crippen LogP contribution >= 0.6 is 0 Å². The van der Waals surface area contributed by atoms with Crippen molar-refractivity contribution in [2.24, 2.45) is 0 Å². The van der Waals surface area contributed by atoms with Gasteiger partial charge in [-0.05, 0) is 25.7 Å². The molecule has 0 radical (unpaired) electrons. The molecule has 18 heavy (non-hydrogen) atoms. The van der Waals surface area contributed by atoms with Gasteiger partial charge in [0.25, 0.3) is 0 Å². The number of hydrogen-bond donors (Lipinski definition) is 2. The van der Waals surface area contributed by atoms with Gasteiger partial charge in [0.15, 0.2) is 0 Å². The molecule has 1 atom stereocenters. The molecule has 0 amide bonds. The van der Waals surface area contributed by atoms with Gasteiger partial charge in [-0.25, -0.2) is 0 Å². The number of methoxy groups -OCH3 is 1. The van der Waals surface area contributed by atoms with Crippen LogP contribution in [0, 0.1) is 0 Å². The molecule has 0 bridgehead atoms. The molecule has 2 heterocycles. The van der Waals surface area contributed by atoms with Crippen LogP contribution < -0.4 is 15.8 Å². The Morgan fingerprint density at radius 2 is 2.28 bits per heavy atom. The number of aromatic nitrogens is 3. The number of hydrogen-bond acceptors (Lipinski definition) is 7. The molecule has 0 aromatic carbocycles. The van der Waals surface area contributed by atoms with Crippen molar-refractivity contribution in [3.8, 4) is 6.01 Å². The standard InChI is InChI=1S/C11H19N5O2/c1-17-11-15-9(12)14-10(16-11)13-6-5-8-4-2-3-7-18-8/h8H,2-7H2,1H3,(H3,12,13,14,15,16). The van der Waals surface area contributed by atoms with Gasteiger partial charge in [-0.3, -0.25) is 0 Å². The smallest absolute Gasteiger partial charge is 0.322 e. The second kappa shape index (κ2) is 6.34. The van der Waals surface area contributed by atoms with E-state index in [0.717, 1.165) is 26.0 Å². The number of nitrogens with two attached hydrogens (primary N) is 1. The van der Waals surface area contributed by atoms with E-state index in [2.05, 4.69) is 20.3 Å². The Labute approximate surface area is 106 Å². The van der Waals surface area contributed by atoms with Crippen molar-refractivity contribution in [1.82, 2.24) is 15.0 Å². The fourth-order valence-electron chi connectivity index (χ4n) is 1.92. The summed E-state index contributed by atoms with van der Waals surface area (Å²) in [5.41, 5.74) is 5.54. The van der Waals surface area contributed by atoms with Gasteiger partial charge in [-0.1, -0.05) is 0 Å². The predicted octanol–water partition coefficient (Wildman–Crippen LogP) is 0.833. The molecule has 1 fully saturated rings. The Bertz CT molecular complexity index is 382. The maximum atomic E-state index is 5.64. The fraction of sp³-hybridized carbons (Fsp3) is 0.727. The zero-order valence-corrected chi connectivity index (χ0v) is 10.6. The van der Waals surface area contributed by atoms with Gasteiger partial charge >= 0.3 is 6.01 Å². The zero-order chi connectivity index (χ0) is 12.8. The first-order valence-corrected chi connectivity index (χ1v) is 6.19. The van der Waals surface area contributed by atoms with Gasteiger partial charge in [-0.15, -0.1) is 0 Å². The van der Waals surface area contributed by atoms with E-state index in [1.54, 1.807) is 0 Å². The molecule has 2 rings (SSSR count). The number of nitrogens with zero attached hydrogens (tertiary/aromatic N) is 3. The summed E-state index contributed by atoms with van der Waals surface area (Å²) in [6, 6.07) is 0.221. The third kappa shape index (κ3) is 3.69. The minimum atomic E-state index is 0.151. The van der Waals surface area contributed by atoms with Crippen LogP contribution in [-0.4, -0.2) is 41.3 Å². The van der Waals surface area contributed by atoms with E-state index in [4.69, 9.17) is 15.2 Å². The van der Waals surface area contributed by atoms with Crippen LogP contribution in [0.5, 0.6) is 6.01 Å². The Hall–Kier alpha value is -1.63. The number of anilines is 2. The summed E-state index contributed by atoms with van der Waals surface area (Å²) >= 11 is 0. The molecule has 0 saturated carbocycles. The summed E-state index contributed by atoms with van der Waals surface area (Å²) in [5, 5.41) is 3.11. The molecule has 7 heteroatoms. The lowest BCUT2D eigenvalue weighted by Gasteiger charge is -2.22. The normalized spacial score (nSPS) is 19.5. The first-order chi connectivity index (χ1) is 8.78. The van der Waals surface area contributed by atoms with Crippen LogP contribution in [0.1, 0.15) is 25.7 Å². The summed E-state index contributed by atoms with van der Waals surface area (Å²) < 4.78 is 10.6. The van der Waals surface area contributed by atoms with Crippen LogP contribution in [-0.2, 0) is 4.74 Å². The Morgan fingerprint density at radius 1 is 1.39 bits per heavy atom. The minimum absolute atomic E-state index is 0.151. The molecule has 1 unspecified atom stereocenters. The number of rotatable bonds is 5. The average molecular weight is 253 g/mol. The van der Waals surface area contributed by atoms with Crippen LogP contribution in [0.15, 0.2) is 0 Å². The monoisotopic (exact) mass is 253 g/mol. The van der Waals surface area contributed by atoms with Crippen molar-refractivity contribution in [3.05, 3.63) is 0 Å². The van der Waals surface area contributed by atoms with E-state index in [0.29, 0.717) is 12.1 Å². The van der Waals surface area contributed by atoms with Crippen LogP contribution in [0.2, 0.25) is 0 Å². The summed E-state index contributed by atoms with van der Waals surface area (Å²) in [6.45, 7) is 1.62. The first-order valence-electron chi connectivity index (χ1n) is 6.19. The SMILES string of the molecule is COc1nc(N)nc(NCCC2CCCCO2)n1. The van der Waals surface area contributed by atoms with E-state index < -0.39 is 0 Å². The Morgan fingerprint density at radius 3 is 3.00 bits per heavy atom. The van der Waals surface area contributed by atoms with E-state index >= 15 is 0 Å². The van der Waals surface area contributed by atoms with Crippen LogP contribution in [0.4, 0.5) is 11.9 Å². The molecule has 1 aliphatic rings. The van der Waals surface area contributed by atoms with Gasteiger partial charge in [0.2, 0.25) is 11.9 Å². The van der Waals surface area contributed by atoms with Crippen LogP contribution in [0.25, 0.3) is 0 Å². The molecule has 100 valence electrons. The van der Waals surface area contributed by atoms with Gasteiger partial charge in [0.1, 0.15) is 0 Å². The maximum Gasteiger partial charge on any atom is 0.322 e. The van der Waals surface area contributed by atoms with Crippen molar-refractivity contribution < 1.29 is 9.47 Å². The molecule has 7 nitrogen and oxygen atoms in total. The Balaban J connectivity index is 1.80. The second-order valence-electron chi connectivity index (χ2n) is 4.21. The molecular weight excluding hydrogens is 234 g/mol. The lowest BCUT2D eigenvalue weighted by atomic mass is 10.1. The summed E-state index contributed by atoms with van der Waals surface area (Å²) in [5.74, 6) is 0.591. The van der Waals surface area contributed by atoms with Gasteiger partial charge < -0.3 is 20.5 Å². The van der Waals surface area contributed by atoms with E-state index in [9.17, 15) is 0 Å². The lowest BCUT2D eigenvalue weighted by molar-refractivity contribution is 0.0134. The average Bonchev–Trinajstić information content (AvgIpc) is 2.39. The number of nitrogens with one attached hydrogen (secondary N) is 1. The van der Waals surface area contributed by atoms with Gasteiger partial charge in [0.05, 0.1) is 13.2 Å². The summed E-state index contributed by atoms with van der Waals surface area (Å²) in [6.07, 6.45) is 4.83. The predicted molar refractivity (Wildman–Crippen MR) is 67.5 cm³/mol. The molecule has 1 aliphatic heterocycles. The maximum absolute atomic E-state index is 5.64. The number of ether oxygens (including phenoxy) is 2. The molecule has 0 spiro atoms. The van der Waals surface area contributed by atoms with Crippen molar-refractivity contribution >= 4 is 11.9 Å². The van der Waals surface area contributed by atoms with E-state index in [1.807, 2.05) is 0 Å². The minimum Gasteiger partial charge on any atom is -0.467 e. The second-order valence-corrected chi connectivity index (χ2v) is 4.21. The number of nitrogen functional groups attached to an aromatic ring is 1. The van der Waals surface area contributed by atoms with Crippen LogP contribution in [0.3, 0.4) is 0 Å². The highest BCUT2D eigenvalue weighted by atomic mass is 16.5. The highest BCUT2D eigenvalue weighted by Gasteiger charge is 2.13. The van der Waals surface area contributed by atoms with Crippen molar-refractivity contribution in [1.29, 1.82) is 0 Å². The quantitative estimate of drug-likeness (QED) is 0.802. The third-order valence-corrected chi connectivity index (χ3v) is 2.84. The van der Waals surface area contributed by atoms with Crippen molar-refractivity contribution in [2.45, 2.75) is 31.8 Å². The molecule has 3 N–H and O–H groups in total. The molecule has 1 aromatic heterocycles. The van der Waals surface area contributed by atoms with Gasteiger partial charge in [0, 0.05) is 13.2 Å². The Kier molecular flexibility index (Phi) is 4.52. The lowest BCUT2D eigenvalue weighted by Crippen LogP contribution is -2.22. The topological polar surface area (TPSA) is 95.2 Å². The highest BCUT2D eigenvalue weighted by molar-refractivity contribution is 5.32. The van der Waals surface area contributed by atoms with Gasteiger partial charge in [-0.2, -0.15) is 15.0 Å². The van der Waals surface area contributed by atoms with Crippen molar-refractivity contribution in [2.75, 3.05) is 31.3 Å². The summed E-state index contributed by atoms with van der Waals surface area (Å²) in [7, 11) is 1.49. The zero-order valence-electron chi connectivity index (χ0n) is 10.6.